The van der Waals surface area contributed by atoms with E-state index in [4.69, 9.17) is 9.47 Å². The molecule has 1 aliphatic carbocycles. The van der Waals surface area contributed by atoms with Gasteiger partial charge in [0.25, 0.3) is 5.91 Å². The largest absolute Gasteiger partial charge is 0.496 e. The third-order valence-corrected chi connectivity index (χ3v) is 4.68. The summed E-state index contributed by atoms with van der Waals surface area (Å²) in [4.78, 5) is 11.9. The topological polar surface area (TPSA) is 59.6 Å². The highest BCUT2D eigenvalue weighted by Gasteiger charge is 2.25. The molecular formula is C23H26F2N2O3. The van der Waals surface area contributed by atoms with E-state index in [1.54, 1.807) is 18.2 Å². The first-order valence-corrected chi connectivity index (χ1v) is 9.83. The van der Waals surface area contributed by atoms with E-state index < -0.39 is 17.6 Å². The van der Waals surface area contributed by atoms with E-state index in [-0.39, 0.29) is 12.1 Å². The molecule has 30 heavy (non-hydrogen) atoms. The van der Waals surface area contributed by atoms with Crippen LogP contribution in [0.5, 0.6) is 11.5 Å². The molecule has 7 heteroatoms. The number of ether oxygens (including phenoxy) is 2. The Morgan fingerprint density at radius 3 is 2.37 bits per heavy atom. The van der Waals surface area contributed by atoms with Gasteiger partial charge in [-0.15, -0.1) is 0 Å². The van der Waals surface area contributed by atoms with Crippen LogP contribution in [0.4, 0.5) is 14.5 Å². The van der Waals surface area contributed by atoms with E-state index in [1.165, 1.54) is 26.4 Å². The Hall–Kier alpha value is -3.09. The molecule has 5 nitrogen and oxygen atoms in total. The Bertz CT molecular complexity index is 969. The molecular weight excluding hydrogens is 390 g/mol. The van der Waals surface area contributed by atoms with Crippen LogP contribution in [0, 0.1) is 5.82 Å². The van der Waals surface area contributed by atoms with Crippen LogP contribution in [0.2, 0.25) is 0 Å². The molecule has 1 fully saturated rings. The summed E-state index contributed by atoms with van der Waals surface area (Å²) in [6, 6.07) is 8.16. The Balaban J connectivity index is 1.98. The molecule has 0 atom stereocenters. The summed E-state index contributed by atoms with van der Waals surface area (Å²) in [5.41, 5.74) is 1.77. The fourth-order valence-electron chi connectivity index (χ4n) is 3.09. The average Bonchev–Trinajstić information content (AvgIpc) is 3.51. The predicted octanol–water partition coefficient (Wildman–Crippen LogP) is 4.92. The van der Waals surface area contributed by atoms with E-state index in [1.807, 2.05) is 13.8 Å². The number of benzene rings is 2. The van der Waals surface area contributed by atoms with Gasteiger partial charge in [-0.3, -0.25) is 4.79 Å². The smallest absolute Gasteiger partial charge is 0.280 e. The molecule has 3 rings (SSSR count). The second-order valence-electron chi connectivity index (χ2n) is 7.53. The molecule has 2 aromatic carbocycles. The molecule has 1 aliphatic rings. The van der Waals surface area contributed by atoms with E-state index in [0.29, 0.717) is 33.9 Å². The molecule has 0 spiro atoms. The molecule has 0 heterocycles. The Kier molecular flexibility index (Phi) is 6.59. The number of rotatable bonds is 8. The third kappa shape index (κ3) is 5.09. The first kappa shape index (κ1) is 21.6. The normalized spacial score (nSPS) is 13.9. The standard InChI is InChI=1S/C23H26F2N2O3/c1-13(2)26-16-7-8-17(19(24)11-16)18-12-21(29-3)14(10-22(18)30-4)9-20(25)23(28)27-15-5-6-15/h7-13,15,26H,5-6H2,1-4H3,(H,27,28). The van der Waals surface area contributed by atoms with E-state index in [2.05, 4.69) is 10.6 Å². The van der Waals surface area contributed by atoms with E-state index >= 15 is 0 Å². The first-order chi connectivity index (χ1) is 14.3. The summed E-state index contributed by atoms with van der Waals surface area (Å²) in [5.74, 6) is -1.49. The molecule has 0 saturated heterocycles. The van der Waals surface area contributed by atoms with Crippen LogP contribution in [-0.4, -0.2) is 32.2 Å². The predicted molar refractivity (Wildman–Crippen MR) is 114 cm³/mol. The van der Waals surface area contributed by atoms with Crippen LogP contribution >= 0.6 is 0 Å². The summed E-state index contributed by atoms with van der Waals surface area (Å²) in [7, 11) is 2.87. The van der Waals surface area contributed by atoms with Crippen molar-refractivity contribution >= 4 is 17.7 Å². The lowest BCUT2D eigenvalue weighted by atomic mass is 10.00. The van der Waals surface area contributed by atoms with Gasteiger partial charge in [-0.25, -0.2) is 8.78 Å². The van der Waals surface area contributed by atoms with Gasteiger partial charge in [0.15, 0.2) is 5.83 Å². The third-order valence-electron chi connectivity index (χ3n) is 4.68. The Morgan fingerprint density at radius 2 is 1.80 bits per heavy atom. The second-order valence-corrected chi connectivity index (χ2v) is 7.53. The molecule has 1 amide bonds. The molecule has 2 aromatic rings. The van der Waals surface area contributed by atoms with Gasteiger partial charge in [0.05, 0.1) is 14.2 Å². The lowest BCUT2D eigenvalue weighted by Gasteiger charge is -2.16. The van der Waals surface area contributed by atoms with Crippen molar-refractivity contribution in [1.29, 1.82) is 0 Å². The highest BCUT2D eigenvalue weighted by Crippen LogP contribution is 2.39. The Morgan fingerprint density at radius 1 is 1.10 bits per heavy atom. The van der Waals surface area contributed by atoms with Crippen molar-refractivity contribution in [1.82, 2.24) is 5.32 Å². The van der Waals surface area contributed by atoms with Crippen LogP contribution < -0.4 is 20.1 Å². The van der Waals surface area contributed by atoms with Crippen molar-refractivity contribution in [2.45, 2.75) is 38.8 Å². The molecule has 0 aromatic heterocycles. The number of anilines is 1. The number of nitrogens with one attached hydrogen (secondary N) is 2. The van der Waals surface area contributed by atoms with Crippen molar-refractivity contribution in [2.24, 2.45) is 0 Å². The quantitative estimate of drug-likeness (QED) is 0.600. The van der Waals surface area contributed by atoms with Crippen LogP contribution in [-0.2, 0) is 4.79 Å². The van der Waals surface area contributed by atoms with Gasteiger partial charge in [0, 0.05) is 34.5 Å². The molecule has 1 saturated carbocycles. The fraction of sp³-hybridized carbons (Fsp3) is 0.348. The van der Waals surface area contributed by atoms with Gasteiger partial charge in [-0.1, -0.05) is 0 Å². The summed E-state index contributed by atoms with van der Waals surface area (Å²) in [6.07, 6.45) is 2.82. The van der Waals surface area contributed by atoms with E-state index in [9.17, 15) is 13.6 Å². The zero-order valence-electron chi connectivity index (χ0n) is 17.5. The van der Waals surface area contributed by atoms with Gasteiger partial charge in [-0.05, 0) is 63.1 Å². The van der Waals surface area contributed by atoms with E-state index in [0.717, 1.165) is 18.9 Å². The maximum Gasteiger partial charge on any atom is 0.280 e. The first-order valence-electron chi connectivity index (χ1n) is 9.83. The second kappa shape index (κ2) is 9.15. The monoisotopic (exact) mass is 416 g/mol. The number of methoxy groups -OCH3 is 2. The number of carbonyl (C=O) groups is 1. The maximum absolute atomic E-state index is 14.8. The van der Waals surface area contributed by atoms with Gasteiger partial charge >= 0.3 is 0 Å². The summed E-state index contributed by atoms with van der Waals surface area (Å²) in [5, 5.41) is 5.74. The summed E-state index contributed by atoms with van der Waals surface area (Å²) in [6.45, 7) is 3.94. The lowest BCUT2D eigenvalue weighted by molar-refractivity contribution is -0.118. The molecule has 0 radical (unpaired) electrons. The molecule has 160 valence electrons. The minimum Gasteiger partial charge on any atom is -0.496 e. The number of hydrogen-bond acceptors (Lipinski definition) is 4. The van der Waals surface area contributed by atoms with Crippen molar-refractivity contribution in [3.05, 3.63) is 47.5 Å². The molecule has 2 N–H and O–H groups in total. The molecule has 0 unspecified atom stereocenters. The number of halogens is 2. The summed E-state index contributed by atoms with van der Waals surface area (Å²) >= 11 is 0. The van der Waals surface area contributed by atoms with Crippen LogP contribution in [0.25, 0.3) is 17.2 Å². The minimum atomic E-state index is -0.926. The van der Waals surface area contributed by atoms with Crippen LogP contribution in [0.1, 0.15) is 32.3 Å². The Labute approximate surface area is 175 Å². The van der Waals surface area contributed by atoms with Crippen molar-refractivity contribution < 1.29 is 23.0 Å². The fourth-order valence-corrected chi connectivity index (χ4v) is 3.09. The van der Waals surface area contributed by atoms with Crippen molar-refractivity contribution in [2.75, 3.05) is 19.5 Å². The van der Waals surface area contributed by atoms with Gasteiger partial charge in [0.2, 0.25) is 0 Å². The van der Waals surface area contributed by atoms with Crippen LogP contribution in [0.15, 0.2) is 36.2 Å². The number of amides is 1. The van der Waals surface area contributed by atoms with Crippen molar-refractivity contribution in [3.8, 4) is 22.6 Å². The van der Waals surface area contributed by atoms with Gasteiger partial charge in [-0.2, -0.15) is 0 Å². The molecule has 0 bridgehead atoms. The zero-order valence-corrected chi connectivity index (χ0v) is 17.5. The number of hydrogen-bond donors (Lipinski definition) is 2. The lowest BCUT2D eigenvalue weighted by Crippen LogP contribution is -2.25. The number of carbonyl (C=O) groups excluding carboxylic acids is 1. The van der Waals surface area contributed by atoms with Crippen molar-refractivity contribution in [3.63, 3.8) is 0 Å². The van der Waals surface area contributed by atoms with Gasteiger partial charge in [0.1, 0.15) is 17.3 Å². The summed E-state index contributed by atoms with van der Waals surface area (Å²) < 4.78 is 39.9. The SMILES string of the molecule is COc1cc(-c2ccc(NC(C)C)cc2F)c(OC)cc1C=C(F)C(=O)NC1CC1. The average molecular weight is 416 g/mol. The highest BCUT2D eigenvalue weighted by atomic mass is 19.1. The minimum absolute atomic E-state index is 0.0478. The highest BCUT2D eigenvalue weighted by molar-refractivity contribution is 5.96. The van der Waals surface area contributed by atoms with Gasteiger partial charge < -0.3 is 20.1 Å². The molecule has 0 aliphatic heterocycles. The van der Waals surface area contributed by atoms with Crippen LogP contribution in [0.3, 0.4) is 0 Å². The zero-order chi connectivity index (χ0) is 21.8. The maximum atomic E-state index is 14.8.